The number of hydrogen-bond donors (Lipinski definition) is 2. The molecule has 4 nitrogen and oxygen atoms in total. The molecule has 0 heterocycles. The molecule has 3 N–H and O–H groups in total. The molecular weight excluding hydrogens is 319 g/mol. The fourth-order valence-corrected chi connectivity index (χ4v) is 2.44. The lowest BCUT2D eigenvalue weighted by atomic mass is 10.1. The van der Waals surface area contributed by atoms with Gasteiger partial charge in [-0.2, -0.15) is 13.2 Å². The van der Waals surface area contributed by atoms with Crippen molar-refractivity contribution in [1.82, 2.24) is 4.72 Å². The maximum atomic E-state index is 12.9. The van der Waals surface area contributed by atoms with Gasteiger partial charge in [0.2, 0.25) is 10.0 Å². The second-order valence-electron chi connectivity index (χ2n) is 4.32. The molecular formula is C11H13F5N2O2S. The number of nitrogens with one attached hydrogen (secondary N) is 1. The van der Waals surface area contributed by atoms with Crippen LogP contribution >= 0.6 is 0 Å². The van der Waals surface area contributed by atoms with Crippen molar-refractivity contribution < 1.29 is 30.4 Å². The Balaban J connectivity index is 2.81. The minimum atomic E-state index is -4.41. The summed E-state index contributed by atoms with van der Waals surface area (Å²) in [5.74, 6) is -3.40. The molecule has 1 aromatic rings. The molecule has 0 atom stereocenters. The third kappa shape index (κ3) is 5.94. The minimum Gasteiger partial charge on any atom is -0.325 e. The second kappa shape index (κ2) is 6.24. The van der Waals surface area contributed by atoms with Crippen LogP contribution in [0.1, 0.15) is 5.56 Å². The van der Waals surface area contributed by atoms with Gasteiger partial charge in [0.05, 0.1) is 24.4 Å². The molecule has 0 aromatic heterocycles. The molecule has 0 saturated carbocycles. The van der Waals surface area contributed by atoms with Gasteiger partial charge in [0, 0.05) is 0 Å². The van der Waals surface area contributed by atoms with Crippen LogP contribution in [0.2, 0.25) is 0 Å². The Morgan fingerprint density at radius 3 is 2.00 bits per heavy atom. The highest BCUT2D eigenvalue weighted by molar-refractivity contribution is 7.89. The molecule has 0 aliphatic heterocycles. The van der Waals surface area contributed by atoms with E-state index in [0.717, 1.165) is 24.3 Å². The fraction of sp³-hybridized carbons (Fsp3) is 0.455. The summed E-state index contributed by atoms with van der Waals surface area (Å²) >= 11 is 0. The van der Waals surface area contributed by atoms with Crippen LogP contribution in [0.25, 0.3) is 0 Å². The Morgan fingerprint density at radius 2 is 1.57 bits per heavy atom. The van der Waals surface area contributed by atoms with Gasteiger partial charge in [-0.1, -0.05) is 12.1 Å². The van der Waals surface area contributed by atoms with E-state index in [2.05, 4.69) is 0 Å². The van der Waals surface area contributed by atoms with Crippen molar-refractivity contribution in [2.24, 2.45) is 5.73 Å². The van der Waals surface area contributed by atoms with Gasteiger partial charge in [-0.15, -0.1) is 0 Å². The highest BCUT2D eigenvalue weighted by Gasteiger charge is 2.30. The predicted octanol–water partition coefficient (Wildman–Crippen LogP) is 1.66. The maximum absolute atomic E-state index is 12.9. The Hall–Kier alpha value is -1.26. The average Bonchev–Trinajstić information content (AvgIpc) is 2.35. The summed E-state index contributed by atoms with van der Waals surface area (Å²) in [6.45, 7) is -2.21. The molecule has 0 aliphatic carbocycles. The van der Waals surface area contributed by atoms with Crippen LogP contribution in [0.5, 0.6) is 0 Å². The van der Waals surface area contributed by atoms with Crippen LogP contribution in [0.3, 0.4) is 0 Å². The zero-order chi connectivity index (χ0) is 16.3. The quantitative estimate of drug-likeness (QED) is 0.778. The summed E-state index contributed by atoms with van der Waals surface area (Å²) in [5.41, 5.74) is 4.63. The smallest absolute Gasteiger partial charge is 0.325 e. The largest absolute Gasteiger partial charge is 0.393 e. The number of alkyl halides is 5. The number of halogens is 5. The zero-order valence-electron chi connectivity index (χ0n) is 10.6. The first-order chi connectivity index (χ1) is 9.45. The lowest BCUT2D eigenvalue weighted by Gasteiger charge is -2.15. The van der Waals surface area contributed by atoms with Crippen LogP contribution in [0, 0.1) is 0 Å². The second-order valence-corrected chi connectivity index (χ2v) is 6.09. The van der Waals surface area contributed by atoms with E-state index in [4.69, 9.17) is 5.73 Å². The number of hydrogen-bond acceptors (Lipinski definition) is 3. The molecule has 0 radical (unpaired) electrons. The molecule has 10 heteroatoms. The van der Waals surface area contributed by atoms with Crippen LogP contribution in [-0.4, -0.2) is 33.6 Å². The van der Waals surface area contributed by atoms with Crippen molar-refractivity contribution in [3.63, 3.8) is 0 Å². The standard InChI is InChI=1S/C11H13F5N2O2S/c12-10(13,6-17)7-18-21(19,20)9-3-1-8(2-4-9)5-11(14,15)16/h1-4,18H,5-7,17H2. The molecule has 0 bridgehead atoms. The third-order valence-corrected chi connectivity index (χ3v) is 3.87. The Morgan fingerprint density at radius 1 is 1.05 bits per heavy atom. The summed E-state index contributed by atoms with van der Waals surface area (Å²) in [6, 6.07) is 3.79. The molecule has 120 valence electrons. The van der Waals surface area contributed by atoms with Crippen molar-refractivity contribution in [3.05, 3.63) is 29.8 Å². The van der Waals surface area contributed by atoms with Gasteiger partial charge < -0.3 is 5.73 Å². The fourth-order valence-electron chi connectivity index (χ4n) is 1.37. The molecule has 0 aliphatic rings. The Labute approximate surface area is 118 Å². The Bertz CT molecular complexity index is 569. The van der Waals surface area contributed by atoms with Crippen LogP contribution in [0.4, 0.5) is 22.0 Å². The summed E-state index contributed by atoms with van der Waals surface area (Å²) in [5, 5.41) is 0. The SMILES string of the molecule is NCC(F)(F)CNS(=O)(=O)c1ccc(CC(F)(F)F)cc1. The van der Waals surface area contributed by atoms with E-state index >= 15 is 0 Å². The van der Waals surface area contributed by atoms with Crippen LogP contribution in [-0.2, 0) is 16.4 Å². The lowest BCUT2D eigenvalue weighted by Crippen LogP contribution is -2.41. The third-order valence-electron chi connectivity index (χ3n) is 2.46. The first-order valence-corrected chi connectivity index (χ1v) is 7.17. The first-order valence-electron chi connectivity index (χ1n) is 5.68. The molecule has 0 saturated heterocycles. The van der Waals surface area contributed by atoms with Crippen molar-refractivity contribution in [2.75, 3.05) is 13.1 Å². The van der Waals surface area contributed by atoms with E-state index in [1.807, 2.05) is 0 Å². The molecule has 0 fully saturated rings. The summed E-state index contributed by atoms with van der Waals surface area (Å²) in [4.78, 5) is -0.402. The van der Waals surface area contributed by atoms with Crippen molar-refractivity contribution >= 4 is 10.0 Å². The molecule has 1 rings (SSSR count). The average molecular weight is 332 g/mol. The molecule has 0 unspecified atom stereocenters. The van der Waals surface area contributed by atoms with Crippen molar-refractivity contribution in [1.29, 1.82) is 0 Å². The predicted molar refractivity (Wildman–Crippen MR) is 65.4 cm³/mol. The van der Waals surface area contributed by atoms with Crippen molar-refractivity contribution in [3.8, 4) is 0 Å². The normalized spacial score (nSPS) is 13.4. The van der Waals surface area contributed by atoms with Gasteiger partial charge in [0.1, 0.15) is 0 Å². The van der Waals surface area contributed by atoms with Gasteiger partial charge in [0.15, 0.2) is 0 Å². The zero-order valence-corrected chi connectivity index (χ0v) is 11.4. The monoisotopic (exact) mass is 332 g/mol. The van der Waals surface area contributed by atoms with Gasteiger partial charge in [-0.25, -0.2) is 21.9 Å². The summed E-state index contributed by atoms with van der Waals surface area (Å²) in [6.07, 6.45) is -5.62. The van der Waals surface area contributed by atoms with Crippen molar-refractivity contribution in [2.45, 2.75) is 23.4 Å². The molecule has 1 aromatic carbocycles. The van der Waals surface area contributed by atoms with Gasteiger partial charge in [0.25, 0.3) is 5.92 Å². The number of sulfonamides is 1. The topological polar surface area (TPSA) is 72.2 Å². The number of rotatable bonds is 6. The van der Waals surface area contributed by atoms with E-state index in [-0.39, 0.29) is 5.56 Å². The van der Waals surface area contributed by atoms with Gasteiger partial charge >= 0.3 is 6.18 Å². The molecule has 0 amide bonds. The van der Waals surface area contributed by atoms with E-state index in [0.29, 0.717) is 0 Å². The maximum Gasteiger partial charge on any atom is 0.393 e. The first kappa shape index (κ1) is 17.8. The van der Waals surface area contributed by atoms with E-state index in [1.165, 1.54) is 0 Å². The number of benzene rings is 1. The van der Waals surface area contributed by atoms with Gasteiger partial charge in [-0.05, 0) is 17.7 Å². The van der Waals surface area contributed by atoms with Gasteiger partial charge in [-0.3, -0.25) is 0 Å². The van der Waals surface area contributed by atoms with Crippen LogP contribution < -0.4 is 10.5 Å². The molecule has 0 spiro atoms. The highest BCUT2D eigenvalue weighted by atomic mass is 32.2. The highest BCUT2D eigenvalue weighted by Crippen LogP contribution is 2.22. The van der Waals surface area contributed by atoms with E-state index < -0.39 is 46.5 Å². The van der Waals surface area contributed by atoms with Crippen LogP contribution in [0.15, 0.2) is 29.2 Å². The lowest BCUT2D eigenvalue weighted by molar-refractivity contribution is -0.127. The van der Waals surface area contributed by atoms with E-state index in [9.17, 15) is 30.4 Å². The summed E-state index contributed by atoms with van der Waals surface area (Å²) < 4.78 is 87.2. The minimum absolute atomic E-state index is 0.131. The Kier molecular flexibility index (Phi) is 5.29. The molecule has 21 heavy (non-hydrogen) atoms. The summed E-state index contributed by atoms with van der Waals surface area (Å²) in [7, 11) is -4.23. The van der Waals surface area contributed by atoms with E-state index in [1.54, 1.807) is 4.72 Å². The number of nitrogens with two attached hydrogens (primary N) is 1.